The molecule has 0 saturated heterocycles. The highest BCUT2D eigenvalue weighted by Gasteiger charge is 2.24. The average Bonchev–Trinajstić information content (AvgIpc) is 2.96. The average molecular weight is 206 g/mol. The van der Waals surface area contributed by atoms with Crippen molar-refractivity contribution in [2.24, 2.45) is 5.92 Å². The molecule has 0 unspecified atom stereocenters. The monoisotopic (exact) mass is 206 g/mol. The SMILES string of the molecule is COCc1c(CC#N)nnn1CC1CC1. The van der Waals surface area contributed by atoms with Crippen LogP contribution in [0.3, 0.4) is 0 Å². The largest absolute Gasteiger partial charge is 0.378 e. The second-order valence-electron chi connectivity index (χ2n) is 3.88. The van der Waals surface area contributed by atoms with Crippen molar-refractivity contribution in [1.82, 2.24) is 15.0 Å². The van der Waals surface area contributed by atoms with E-state index in [4.69, 9.17) is 10.00 Å². The van der Waals surface area contributed by atoms with Crippen LogP contribution in [-0.4, -0.2) is 22.1 Å². The minimum atomic E-state index is 0.309. The van der Waals surface area contributed by atoms with Gasteiger partial charge in [-0.2, -0.15) is 5.26 Å². The predicted octanol–water partition coefficient (Wildman–Crippen LogP) is 0.901. The molecule has 5 nitrogen and oxygen atoms in total. The fraction of sp³-hybridized carbons (Fsp3) is 0.700. The zero-order valence-corrected chi connectivity index (χ0v) is 8.81. The zero-order valence-electron chi connectivity index (χ0n) is 8.81. The lowest BCUT2D eigenvalue weighted by atomic mass is 10.2. The molecule has 0 aromatic carbocycles. The molecule has 1 heterocycles. The molecule has 0 N–H and O–H groups in total. The van der Waals surface area contributed by atoms with Crippen molar-refractivity contribution in [3.05, 3.63) is 11.4 Å². The molecule has 0 radical (unpaired) electrons. The maximum Gasteiger partial charge on any atom is 0.102 e. The first-order chi connectivity index (χ1) is 7.35. The van der Waals surface area contributed by atoms with E-state index < -0.39 is 0 Å². The van der Waals surface area contributed by atoms with Crippen molar-refractivity contribution in [1.29, 1.82) is 5.26 Å². The van der Waals surface area contributed by atoms with Crippen LogP contribution in [0, 0.1) is 17.2 Å². The molecule has 80 valence electrons. The summed E-state index contributed by atoms with van der Waals surface area (Å²) >= 11 is 0. The second-order valence-corrected chi connectivity index (χ2v) is 3.88. The van der Waals surface area contributed by atoms with Crippen LogP contribution in [0.4, 0.5) is 0 Å². The molecule has 0 aliphatic heterocycles. The summed E-state index contributed by atoms with van der Waals surface area (Å²) in [4.78, 5) is 0. The van der Waals surface area contributed by atoms with Gasteiger partial charge in [-0.3, -0.25) is 0 Å². The van der Waals surface area contributed by atoms with Gasteiger partial charge in [-0.1, -0.05) is 5.21 Å². The molecule has 0 amide bonds. The number of nitriles is 1. The van der Waals surface area contributed by atoms with Gasteiger partial charge in [0.05, 0.1) is 24.8 Å². The van der Waals surface area contributed by atoms with E-state index in [9.17, 15) is 0 Å². The fourth-order valence-corrected chi connectivity index (χ4v) is 1.57. The van der Waals surface area contributed by atoms with Gasteiger partial charge < -0.3 is 4.74 Å². The van der Waals surface area contributed by atoms with E-state index in [1.54, 1.807) is 7.11 Å². The standard InChI is InChI=1S/C10H14N4O/c1-15-7-10-9(4-5-11)12-13-14(10)6-8-2-3-8/h8H,2-4,6-7H2,1H3. The lowest BCUT2D eigenvalue weighted by molar-refractivity contribution is 0.175. The van der Waals surface area contributed by atoms with Crippen molar-refractivity contribution in [2.75, 3.05) is 7.11 Å². The van der Waals surface area contributed by atoms with E-state index in [0.29, 0.717) is 13.0 Å². The van der Waals surface area contributed by atoms with Gasteiger partial charge in [0.2, 0.25) is 0 Å². The van der Waals surface area contributed by atoms with E-state index in [1.807, 2.05) is 4.68 Å². The highest BCUT2D eigenvalue weighted by molar-refractivity contribution is 5.13. The molecule has 1 fully saturated rings. The van der Waals surface area contributed by atoms with Crippen LogP contribution < -0.4 is 0 Å². The van der Waals surface area contributed by atoms with Crippen LogP contribution in [-0.2, 0) is 24.3 Å². The molecule has 1 aromatic heterocycles. The summed E-state index contributed by atoms with van der Waals surface area (Å²) in [6.45, 7) is 1.40. The van der Waals surface area contributed by atoms with E-state index in [1.165, 1.54) is 12.8 Å². The molecular formula is C10H14N4O. The van der Waals surface area contributed by atoms with Crippen molar-refractivity contribution < 1.29 is 4.74 Å². The van der Waals surface area contributed by atoms with Gasteiger partial charge in [-0.05, 0) is 18.8 Å². The Balaban J connectivity index is 2.16. The Hall–Kier alpha value is -1.41. The van der Waals surface area contributed by atoms with Gasteiger partial charge in [-0.15, -0.1) is 5.10 Å². The Kier molecular flexibility index (Phi) is 2.97. The van der Waals surface area contributed by atoms with Crippen molar-refractivity contribution >= 4 is 0 Å². The first-order valence-electron chi connectivity index (χ1n) is 5.12. The fourth-order valence-electron chi connectivity index (χ4n) is 1.57. The summed E-state index contributed by atoms with van der Waals surface area (Å²) in [6.07, 6.45) is 2.86. The van der Waals surface area contributed by atoms with Crippen LogP contribution >= 0.6 is 0 Å². The maximum absolute atomic E-state index is 8.65. The Labute approximate surface area is 88.6 Å². The van der Waals surface area contributed by atoms with Gasteiger partial charge >= 0.3 is 0 Å². The van der Waals surface area contributed by atoms with Crippen molar-refractivity contribution in [2.45, 2.75) is 32.4 Å². The topological polar surface area (TPSA) is 63.7 Å². The molecular weight excluding hydrogens is 192 g/mol. The number of ether oxygens (including phenoxy) is 1. The Bertz CT molecular complexity index is 375. The normalized spacial score (nSPS) is 15.2. The molecule has 2 rings (SSSR count). The number of nitrogens with zero attached hydrogens (tertiary/aromatic N) is 4. The minimum Gasteiger partial charge on any atom is -0.378 e. The lowest BCUT2D eigenvalue weighted by Crippen LogP contribution is -2.08. The Morgan fingerprint density at radius 2 is 2.40 bits per heavy atom. The minimum absolute atomic E-state index is 0.309. The Morgan fingerprint density at radius 3 is 3.00 bits per heavy atom. The zero-order chi connectivity index (χ0) is 10.7. The number of rotatable bonds is 5. The molecule has 1 saturated carbocycles. The van der Waals surface area contributed by atoms with Gasteiger partial charge in [0.1, 0.15) is 5.69 Å². The molecule has 15 heavy (non-hydrogen) atoms. The van der Waals surface area contributed by atoms with Gasteiger partial charge in [0.15, 0.2) is 0 Å². The number of methoxy groups -OCH3 is 1. The highest BCUT2D eigenvalue weighted by Crippen LogP contribution is 2.30. The highest BCUT2D eigenvalue weighted by atomic mass is 16.5. The quantitative estimate of drug-likeness (QED) is 0.718. The van der Waals surface area contributed by atoms with Crippen molar-refractivity contribution in [3.63, 3.8) is 0 Å². The Morgan fingerprint density at radius 1 is 1.60 bits per heavy atom. The number of aromatic nitrogens is 3. The van der Waals surface area contributed by atoms with Gasteiger partial charge in [0, 0.05) is 13.7 Å². The van der Waals surface area contributed by atoms with Crippen LogP contribution in [0.2, 0.25) is 0 Å². The summed E-state index contributed by atoms with van der Waals surface area (Å²) in [6, 6.07) is 2.09. The van der Waals surface area contributed by atoms with Gasteiger partial charge in [0.25, 0.3) is 0 Å². The van der Waals surface area contributed by atoms with E-state index >= 15 is 0 Å². The third-order valence-corrected chi connectivity index (χ3v) is 2.57. The molecule has 0 bridgehead atoms. The van der Waals surface area contributed by atoms with Crippen LogP contribution in [0.1, 0.15) is 24.2 Å². The smallest absolute Gasteiger partial charge is 0.102 e. The number of hydrogen-bond acceptors (Lipinski definition) is 4. The summed E-state index contributed by atoms with van der Waals surface area (Å²) < 4.78 is 6.99. The van der Waals surface area contributed by atoms with Crippen molar-refractivity contribution in [3.8, 4) is 6.07 Å². The van der Waals surface area contributed by atoms with Crippen LogP contribution in [0.5, 0.6) is 0 Å². The summed E-state index contributed by atoms with van der Waals surface area (Å²) in [5.74, 6) is 0.747. The van der Waals surface area contributed by atoms with Gasteiger partial charge in [-0.25, -0.2) is 4.68 Å². The summed E-state index contributed by atoms with van der Waals surface area (Å²) in [5, 5.41) is 16.7. The first kappa shape index (κ1) is 10.1. The summed E-state index contributed by atoms with van der Waals surface area (Å²) in [5.41, 5.74) is 1.70. The molecule has 1 aromatic rings. The third-order valence-electron chi connectivity index (χ3n) is 2.57. The van der Waals surface area contributed by atoms with E-state index in [-0.39, 0.29) is 0 Å². The molecule has 1 aliphatic rings. The van der Waals surface area contributed by atoms with E-state index in [0.717, 1.165) is 23.9 Å². The third kappa shape index (κ3) is 2.34. The van der Waals surface area contributed by atoms with E-state index in [2.05, 4.69) is 16.4 Å². The predicted molar refractivity (Wildman–Crippen MR) is 52.8 cm³/mol. The maximum atomic E-state index is 8.65. The lowest BCUT2D eigenvalue weighted by Gasteiger charge is -2.04. The molecule has 1 aliphatic carbocycles. The van der Waals surface area contributed by atoms with Crippen LogP contribution in [0.25, 0.3) is 0 Å². The molecule has 5 heteroatoms. The molecule has 0 atom stereocenters. The second kappa shape index (κ2) is 4.41. The van der Waals surface area contributed by atoms with Crippen LogP contribution in [0.15, 0.2) is 0 Å². The summed E-state index contributed by atoms with van der Waals surface area (Å²) in [7, 11) is 1.64. The number of hydrogen-bond donors (Lipinski definition) is 0. The first-order valence-corrected chi connectivity index (χ1v) is 5.12. The molecule has 0 spiro atoms.